The molecule has 0 amide bonds. The van der Waals surface area contributed by atoms with Gasteiger partial charge < -0.3 is 9.84 Å². The summed E-state index contributed by atoms with van der Waals surface area (Å²) >= 11 is 0. The van der Waals surface area contributed by atoms with Crippen LogP contribution in [-0.4, -0.2) is 18.5 Å². The van der Waals surface area contributed by atoms with Crippen molar-refractivity contribution in [1.82, 2.24) is 0 Å². The van der Waals surface area contributed by atoms with Crippen LogP contribution in [0.25, 0.3) is 4.85 Å². The zero-order valence-electron chi connectivity index (χ0n) is 13.3. The highest BCUT2D eigenvalue weighted by Gasteiger charge is 2.57. The van der Waals surface area contributed by atoms with E-state index >= 15 is 0 Å². The molecule has 0 aliphatic carbocycles. The summed E-state index contributed by atoms with van der Waals surface area (Å²) in [6.45, 7) is 7.58. The van der Waals surface area contributed by atoms with Gasteiger partial charge in [-0.05, 0) is 31.2 Å². The fraction of sp³-hybridized carbons (Fsp3) is 0.235. The van der Waals surface area contributed by atoms with Crippen molar-refractivity contribution in [3.8, 4) is 11.5 Å². The van der Waals surface area contributed by atoms with Crippen molar-refractivity contribution in [2.45, 2.75) is 29.3 Å². The maximum atomic E-state index is 14.5. The van der Waals surface area contributed by atoms with E-state index in [4.69, 9.17) is 11.3 Å². The Morgan fingerprint density at radius 1 is 1.31 bits per heavy atom. The van der Waals surface area contributed by atoms with E-state index in [0.29, 0.717) is 6.92 Å². The number of benzene rings is 2. The van der Waals surface area contributed by atoms with Crippen molar-refractivity contribution >= 4 is 15.5 Å². The van der Waals surface area contributed by atoms with Crippen LogP contribution in [0, 0.1) is 6.57 Å². The predicted octanol–water partition coefficient (Wildman–Crippen LogP) is 4.47. The smallest absolute Gasteiger partial charge is 0.267 e. The number of nitrogens with zero attached hydrogens (tertiary/aromatic N) is 1. The van der Waals surface area contributed by atoms with Crippen LogP contribution in [0.2, 0.25) is 0 Å². The van der Waals surface area contributed by atoms with Gasteiger partial charge in [-0.1, -0.05) is 12.1 Å². The Kier molecular flexibility index (Phi) is 4.21. The third kappa shape index (κ3) is 2.53. The van der Waals surface area contributed by atoms with E-state index in [9.17, 15) is 26.7 Å². The fourth-order valence-electron chi connectivity index (χ4n) is 2.79. The summed E-state index contributed by atoms with van der Waals surface area (Å²) in [7, 11) is -4.63. The molecule has 2 aromatic carbocycles. The van der Waals surface area contributed by atoms with E-state index in [1.165, 1.54) is 24.3 Å². The molecule has 5 nitrogen and oxygen atoms in total. The van der Waals surface area contributed by atoms with Crippen LogP contribution in [0.1, 0.15) is 30.6 Å². The van der Waals surface area contributed by atoms with Gasteiger partial charge in [-0.25, -0.2) is 26.4 Å². The van der Waals surface area contributed by atoms with Crippen LogP contribution >= 0.6 is 0 Å². The molecule has 3 rings (SSSR count). The van der Waals surface area contributed by atoms with Gasteiger partial charge in [0.1, 0.15) is 17.6 Å². The number of aliphatic hydroxyl groups is 1. The molecule has 0 spiro atoms. The Hall–Kier alpha value is -2.57. The van der Waals surface area contributed by atoms with E-state index in [1.54, 1.807) is 0 Å². The van der Waals surface area contributed by atoms with Gasteiger partial charge in [0, 0.05) is 5.56 Å². The lowest BCUT2D eigenvalue weighted by Crippen LogP contribution is -2.30. The van der Waals surface area contributed by atoms with Gasteiger partial charge in [0.15, 0.2) is 5.69 Å². The summed E-state index contributed by atoms with van der Waals surface area (Å²) in [4.78, 5) is 2.50. The maximum Gasteiger partial charge on any atom is 0.267 e. The molecule has 2 aromatic rings. The molecule has 1 aliphatic heterocycles. The molecule has 136 valence electrons. The van der Waals surface area contributed by atoms with E-state index in [2.05, 4.69) is 4.85 Å². The standard InChI is InChI=1S/C17H12F3NO4S/c1-17(20)15(22)14-12(26(17,23)24)7-6-11(13(14)16(18)19)25-10-5-3-4-9(8-10)21-2/h3-8,15-16,22H,1H3/t15-,17?/m1/s1. The van der Waals surface area contributed by atoms with Gasteiger partial charge in [0.2, 0.25) is 14.8 Å². The van der Waals surface area contributed by atoms with Crippen LogP contribution < -0.4 is 4.74 Å². The largest absolute Gasteiger partial charge is 0.458 e. The molecule has 0 bridgehead atoms. The topological polar surface area (TPSA) is 68.0 Å². The average molecular weight is 383 g/mol. The number of fused-ring (bicyclic) bond motifs is 1. The van der Waals surface area contributed by atoms with Gasteiger partial charge in [-0.15, -0.1) is 0 Å². The van der Waals surface area contributed by atoms with Gasteiger partial charge in [0.05, 0.1) is 17.0 Å². The minimum absolute atomic E-state index is 0.0682. The van der Waals surface area contributed by atoms with Gasteiger partial charge in [-0.2, -0.15) is 0 Å². The Morgan fingerprint density at radius 2 is 2.00 bits per heavy atom. The maximum absolute atomic E-state index is 14.5. The summed E-state index contributed by atoms with van der Waals surface area (Å²) in [6.07, 6.45) is -5.49. The molecule has 0 saturated carbocycles. The quantitative estimate of drug-likeness (QED) is 0.794. The Bertz CT molecular complexity index is 1030. The number of aliphatic hydroxyl groups excluding tert-OH is 1. The summed E-state index contributed by atoms with van der Waals surface area (Å²) in [5.41, 5.74) is -1.39. The third-order valence-electron chi connectivity index (χ3n) is 4.18. The second-order valence-electron chi connectivity index (χ2n) is 5.79. The van der Waals surface area contributed by atoms with E-state index in [0.717, 1.165) is 12.1 Å². The average Bonchev–Trinajstić information content (AvgIpc) is 2.72. The number of ether oxygens (including phenoxy) is 1. The Morgan fingerprint density at radius 3 is 2.62 bits per heavy atom. The van der Waals surface area contributed by atoms with Crippen LogP contribution in [0.3, 0.4) is 0 Å². The highest BCUT2D eigenvalue weighted by Crippen LogP contribution is 2.53. The summed E-state index contributed by atoms with van der Waals surface area (Å²) in [5.74, 6) is -0.355. The van der Waals surface area contributed by atoms with Gasteiger partial charge in [0.25, 0.3) is 6.43 Å². The number of sulfone groups is 1. The lowest BCUT2D eigenvalue weighted by Gasteiger charge is -2.18. The van der Waals surface area contributed by atoms with E-state index < -0.39 is 49.1 Å². The first-order valence-electron chi connectivity index (χ1n) is 7.33. The molecule has 1 N–H and O–H groups in total. The molecule has 0 fully saturated rings. The zero-order valence-corrected chi connectivity index (χ0v) is 14.1. The van der Waals surface area contributed by atoms with Crippen LogP contribution in [0.4, 0.5) is 18.9 Å². The van der Waals surface area contributed by atoms with Crippen molar-refractivity contribution in [3.05, 3.63) is 58.9 Å². The van der Waals surface area contributed by atoms with Crippen molar-refractivity contribution in [1.29, 1.82) is 0 Å². The fourth-order valence-corrected chi connectivity index (χ4v) is 4.39. The van der Waals surface area contributed by atoms with Crippen molar-refractivity contribution in [2.24, 2.45) is 0 Å². The SMILES string of the molecule is [C-]#[N+]c1cccc(Oc2ccc3c(c2C(F)F)[C@@H](O)C(C)(F)S3(=O)=O)c1. The molecule has 2 atom stereocenters. The number of alkyl halides is 3. The van der Waals surface area contributed by atoms with Gasteiger partial charge >= 0.3 is 0 Å². The van der Waals surface area contributed by atoms with Crippen LogP contribution in [-0.2, 0) is 9.84 Å². The molecule has 9 heteroatoms. The molecular weight excluding hydrogens is 371 g/mol. The molecular formula is C17H12F3NO4S. The Balaban J connectivity index is 2.19. The monoisotopic (exact) mass is 383 g/mol. The van der Waals surface area contributed by atoms with Crippen LogP contribution in [0.5, 0.6) is 11.5 Å². The van der Waals surface area contributed by atoms with Gasteiger partial charge in [-0.3, -0.25) is 0 Å². The molecule has 1 aliphatic rings. The minimum Gasteiger partial charge on any atom is -0.458 e. The first-order valence-corrected chi connectivity index (χ1v) is 8.81. The highest BCUT2D eigenvalue weighted by atomic mass is 32.2. The van der Waals surface area contributed by atoms with E-state index in [-0.39, 0.29) is 11.4 Å². The number of hydrogen-bond acceptors (Lipinski definition) is 4. The summed E-state index contributed by atoms with van der Waals surface area (Å²) < 4.78 is 71.6. The highest BCUT2D eigenvalue weighted by molar-refractivity contribution is 7.93. The van der Waals surface area contributed by atoms with Crippen molar-refractivity contribution in [2.75, 3.05) is 0 Å². The van der Waals surface area contributed by atoms with Crippen LogP contribution in [0.15, 0.2) is 41.3 Å². The number of hydrogen-bond donors (Lipinski definition) is 1. The van der Waals surface area contributed by atoms with E-state index in [1.807, 2.05) is 0 Å². The lowest BCUT2D eigenvalue weighted by atomic mass is 9.99. The normalized spacial score (nSPS) is 23.5. The third-order valence-corrected chi connectivity index (χ3v) is 6.39. The summed E-state index contributed by atoms with van der Waals surface area (Å²) in [5, 5.41) is 6.94. The lowest BCUT2D eigenvalue weighted by molar-refractivity contribution is 0.0596. The molecule has 1 heterocycles. The molecule has 1 unspecified atom stereocenters. The molecule has 0 saturated heterocycles. The Labute approximate surface area is 147 Å². The first-order chi connectivity index (χ1) is 12.1. The first kappa shape index (κ1) is 18.2. The molecule has 26 heavy (non-hydrogen) atoms. The predicted molar refractivity (Wildman–Crippen MR) is 85.8 cm³/mol. The number of halogens is 3. The summed E-state index contributed by atoms with van der Waals surface area (Å²) in [6, 6.07) is 7.61. The molecule has 0 aromatic heterocycles. The second kappa shape index (κ2) is 6.00. The van der Waals surface area contributed by atoms with Crippen molar-refractivity contribution < 1.29 is 31.4 Å². The number of rotatable bonds is 3. The minimum atomic E-state index is -4.63. The van der Waals surface area contributed by atoms with Crippen molar-refractivity contribution in [3.63, 3.8) is 0 Å². The molecule has 0 radical (unpaired) electrons. The zero-order chi connectivity index (χ0) is 19.3. The second-order valence-corrected chi connectivity index (χ2v) is 8.04.